The van der Waals surface area contributed by atoms with Crippen molar-refractivity contribution in [2.75, 3.05) is 31.5 Å². The summed E-state index contributed by atoms with van der Waals surface area (Å²) in [5.74, 6) is -0.213. The van der Waals surface area contributed by atoms with Crippen LogP contribution in [-0.2, 0) is 4.79 Å². The van der Waals surface area contributed by atoms with Gasteiger partial charge in [0.1, 0.15) is 0 Å². The van der Waals surface area contributed by atoms with Crippen molar-refractivity contribution in [2.45, 2.75) is 6.92 Å². The molecular formula is C20H21N3O3. The Labute approximate surface area is 152 Å². The van der Waals surface area contributed by atoms with Crippen molar-refractivity contribution in [3.05, 3.63) is 65.7 Å². The van der Waals surface area contributed by atoms with Crippen LogP contribution in [0.1, 0.15) is 27.6 Å². The molecule has 6 heteroatoms. The molecule has 2 aromatic carbocycles. The van der Waals surface area contributed by atoms with Gasteiger partial charge in [0.25, 0.3) is 11.8 Å². The van der Waals surface area contributed by atoms with Crippen LogP contribution in [0.4, 0.5) is 5.69 Å². The van der Waals surface area contributed by atoms with Gasteiger partial charge in [0, 0.05) is 49.9 Å². The molecule has 1 N–H and O–H groups in total. The fourth-order valence-corrected chi connectivity index (χ4v) is 2.90. The molecule has 26 heavy (non-hydrogen) atoms. The Morgan fingerprint density at radius 3 is 1.92 bits per heavy atom. The van der Waals surface area contributed by atoms with E-state index in [1.165, 1.54) is 0 Å². The summed E-state index contributed by atoms with van der Waals surface area (Å²) in [6.07, 6.45) is 0. The number of piperazine rings is 1. The summed E-state index contributed by atoms with van der Waals surface area (Å²) in [5.41, 5.74) is 1.78. The summed E-state index contributed by atoms with van der Waals surface area (Å²) in [5, 5.41) is 2.81. The maximum absolute atomic E-state index is 12.6. The fourth-order valence-electron chi connectivity index (χ4n) is 2.90. The van der Waals surface area contributed by atoms with Crippen molar-refractivity contribution in [2.24, 2.45) is 0 Å². The molecule has 1 saturated heterocycles. The fraction of sp³-hybridized carbons (Fsp3) is 0.250. The number of nitrogens with one attached hydrogen (secondary N) is 1. The second-order valence-corrected chi connectivity index (χ2v) is 6.20. The topological polar surface area (TPSA) is 69.7 Å². The number of carbonyl (C=O) groups excluding carboxylic acids is 3. The average molecular weight is 351 g/mol. The third-order valence-electron chi connectivity index (χ3n) is 4.44. The largest absolute Gasteiger partial charge is 0.339 e. The lowest BCUT2D eigenvalue weighted by Gasteiger charge is -2.34. The van der Waals surface area contributed by atoms with E-state index in [0.717, 1.165) is 0 Å². The molecule has 0 saturated carbocycles. The van der Waals surface area contributed by atoms with Crippen LogP contribution in [0.25, 0.3) is 0 Å². The zero-order valence-corrected chi connectivity index (χ0v) is 14.6. The molecule has 1 aliphatic rings. The van der Waals surface area contributed by atoms with E-state index in [1.807, 2.05) is 18.2 Å². The van der Waals surface area contributed by atoms with E-state index in [-0.39, 0.29) is 17.7 Å². The maximum Gasteiger partial charge on any atom is 0.255 e. The lowest BCUT2D eigenvalue weighted by molar-refractivity contribution is -0.130. The molecular weight excluding hydrogens is 330 g/mol. The van der Waals surface area contributed by atoms with E-state index in [4.69, 9.17) is 0 Å². The molecule has 3 amide bonds. The summed E-state index contributed by atoms with van der Waals surface area (Å²) < 4.78 is 0. The maximum atomic E-state index is 12.6. The van der Waals surface area contributed by atoms with Crippen molar-refractivity contribution in [1.82, 2.24) is 9.80 Å². The van der Waals surface area contributed by atoms with Gasteiger partial charge < -0.3 is 15.1 Å². The molecule has 6 nitrogen and oxygen atoms in total. The molecule has 0 atom stereocenters. The van der Waals surface area contributed by atoms with E-state index in [2.05, 4.69) is 5.32 Å². The molecule has 2 aromatic rings. The third-order valence-corrected chi connectivity index (χ3v) is 4.44. The lowest BCUT2D eigenvalue weighted by atomic mass is 10.1. The standard InChI is InChI=1S/C20H21N3O3/c1-15(24)22-11-13-23(14-12-22)20(26)17-7-9-18(10-8-17)21-19(25)16-5-3-2-4-6-16/h2-10H,11-14H2,1H3,(H,21,25). The van der Waals surface area contributed by atoms with Crippen LogP contribution in [-0.4, -0.2) is 53.7 Å². The van der Waals surface area contributed by atoms with Crippen molar-refractivity contribution in [1.29, 1.82) is 0 Å². The summed E-state index contributed by atoms with van der Waals surface area (Å²) in [6, 6.07) is 15.8. The molecule has 0 radical (unpaired) electrons. The highest BCUT2D eigenvalue weighted by atomic mass is 16.2. The average Bonchev–Trinajstić information content (AvgIpc) is 2.69. The number of carbonyl (C=O) groups is 3. The number of benzene rings is 2. The van der Waals surface area contributed by atoms with Gasteiger partial charge in [0.2, 0.25) is 5.91 Å². The van der Waals surface area contributed by atoms with E-state index in [1.54, 1.807) is 53.1 Å². The Morgan fingerprint density at radius 1 is 0.769 bits per heavy atom. The highest BCUT2D eigenvalue weighted by Crippen LogP contribution is 2.14. The Balaban J connectivity index is 1.60. The zero-order chi connectivity index (χ0) is 18.5. The smallest absolute Gasteiger partial charge is 0.255 e. The molecule has 0 unspecified atom stereocenters. The number of hydrogen-bond donors (Lipinski definition) is 1. The molecule has 1 fully saturated rings. The predicted octanol–water partition coefficient (Wildman–Crippen LogP) is 2.24. The first-order valence-electron chi connectivity index (χ1n) is 8.56. The Kier molecular flexibility index (Phi) is 5.31. The summed E-state index contributed by atoms with van der Waals surface area (Å²) in [4.78, 5) is 39.6. The first-order chi connectivity index (χ1) is 12.5. The number of hydrogen-bond acceptors (Lipinski definition) is 3. The second kappa shape index (κ2) is 7.82. The van der Waals surface area contributed by atoms with Crippen LogP contribution in [0.2, 0.25) is 0 Å². The zero-order valence-electron chi connectivity index (χ0n) is 14.6. The lowest BCUT2D eigenvalue weighted by Crippen LogP contribution is -2.50. The summed E-state index contributed by atoms with van der Waals surface area (Å²) in [7, 11) is 0. The SMILES string of the molecule is CC(=O)N1CCN(C(=O)c2ccc(NC(=O)c3ccccc3)cc2)CC1. The van der Waals surface area contributed by atoms with Gasteiger partial charge in [-0.2, -0.15) is 0 Å². The number of anilines is 1. The van der Waals surface area contributed by atoms with Crippen LogP contribution >= 0.6 is 0 Å². The summed E-state index contributed by atoms with van der Waals surface area (Å²) >= 11 is 0. The Morgan fingerprint density at radius 2 is 1.35 bits per heavy atom. The first kappa shape index (κ1) is 17.7. The minimum atomic E-state index is -0.190. The van der Waals surface area contributed by atoms with Crippen LogP contribution in [0.3, 0.4) is 0 Å². The number of rotatable bonds is 3. The molecule has 1 aliphatic heterocycles. The van der Waals surface area contributed by atoms with Crippen LogP contribution in [0.5, 0.6) is 0 Å². The number of nitrogens with zero attached hydrogens (tertiary/aromatic N) is 2. The molecule has 0 bridgehead atoms. The first-order valence-corrected chi connectivity index (χ1v) is 8.56. The number of amides is 3. The highest BCUT2D eigenvalue weighted by Gasteiger charge is 2.23. The van der Waals surface area contributed by atoms with Crippen LogP contribution in [0, 0.1) is 0 Å². The van der Waals surface area contributed by atoms with Gasteiger partial charge in [-0.3, -0.25) is 14.4 Å². The van der Waals surface area contributed by atoms with Crippen molar-refractivity contribution in [3.63, 3.8) is 0 Å². The normalized spacial score (nSPS) is 14.0. The molecule has 134 valence electrons. The molecule has 0 spiro atoms. The van der Waals surface area contributed by atoms with Crippen LogP contribution < -0.4 is 5.32 Å². The Hall–Kier alpha value is -3.15. The Bertz CT molecular complexity index is 795. The molecule has 0 aromatic heterocycles. The van der Waals surface area contributed by atoms with Crippen molar-refractivity contribution >= 4 is 23.4 Å². The van der Waals surface area contributed by atoms with Gasteiger partial charge in [0.05, 0.1) is 0 Å². The van der Waals surface area contributed by atoms with Gasteiger partial charge >= 0.3 is 0 Å². The monoisotopic (exact) mass is 351 g/mol. The summed E-state index contributed by atoms with van der Waals surface area (Å²) in [6.45, 7) is 3.73. The highest BCUT2D eigenvalue weighted by molar-refractivity contribution is 6.04. The molecule has 3 rings (SSSR count). The second-order valence-electron chi connectivity index (χ2n) is 6.20. The van der Waals surface area contributed by atoms with Gasteiger partial charge in [-0.25, -0.2) is 0 Å². The van der Waals surface area contributed by atoms with Gasteiger partial charge in [0.15, 0.2) is 0 Å². The minimum absolute atomic E-state index is 0.0376. The van der Waals surface area contributed by atoms with Crippen molar-refractivity contribution in [3.8, 4) is 0 Å². The van der Waals surface area contributed by atoms with E-state index >= 15 is 0 Å². The van der Waals surface area contributed by atoms with E-state index in [9.17, 15) is 14.4 Å². The molecule has 1 heterocycles. The van der Waals surface area contributed by atoms with E-state index < -0.39 is 0 Å². The third kappa shape index (κ3) is 4.08. The molecule has 0 aliphatic carbocycles. The van der Waals surface area contributed by atoms with Crippen LogP contribution in [0.15, 0.2) is 54.6 Å². The predicted molar refractivity (Wildman–Crippen MR) is 99.0 cm³/mol. The quantitative estimate of drug-likeness (QED) is 0.922. The minimum Gasteiger partial charge on any atom is -0.339 e. The van der Waals surface area contributed by atoms with E-state index in [0.29, 0.717) is 43.0 Å². The van der Waals surface area contributed by atoms with Gasteiger partial charge in [-0.15, -0.1) is 0 Å². The van der Waals surface area contributed by atoms with Crippen molar-refractivity contribution < 1.29 is 14.4 Å². The van der Waals surface area contributed by atoms with Gasteiger partial charge in [-0.1, -0.05) is 18.2 Å². The van der Waals surface area contributed by atoms with Gasteiger partial charge in [-0.05, 0) is 36.4 Å².